The third-order valence-electron chi connectivity index (χ3n) is 3.13. The van der Waals surface area contributed by atoms with Crippen molar-refractivity contribution < 1.29 is 19.4 Å². The van der Waals surface area contributed by atoms with Crippen LogP contribution < -0.4 is 5.32 Å². The van der Waals surface area contributed by atoms with Crippen molar-refractivity contribution in [2.75, 3.05) is 13.7 Å². The maximum Gasteiger partial charge on any atom is 0.330 e. The van der Waals surface area contributed by atoms with E-state index in [0.717, 1.165) is 5.56 Å². The quantitative estimate of drug-likeness (QED) is 0.546. The second-order valence-corrected chi connectivity index (χ2v) is 4.93. The molecule has 0 radical (unpaired) electrons. The number of hydrogen-bond acceptors (Lipinski definition) is 6. The maximum atomic E-state index is 11.7. The zero-order valence-electron chi connectivity index (χ0n) is 13.1. The molecule has 1 amide bonds. The molecule has 2 rings (SSSR count). The fourth-order valence-corrected chi connectivity index (χ4v) is 1.94. The Kier molecular flexibility index (Phi) is 6.21. The van der Waals surface area contributed by atoms with Crippen molar-refractivity contribution in [3.8, 4) is 0 Å². The van der Waals surface area contributed by atoms with Crippen molar-refractivity contribution >= 4 is 18.0 Å². The highest BCUT2D eigenvalue weighted by Gasteiger charge is 2.19. The highest BCUT2D eigenvalue weighted by molar-refractivity contribution is 5.94. The minimum atomic E-state index is -1.10. The average Bonchev–Trinajstić information content (AvgIpc) is 3.05. The standard InChI is InChI=1S/C16H18N4O4/c1-24-16(23)14(11-21)17-15(22)8-7-13-10-20(19-18-13)9-12-5-3-2-4-6-12/h2-8,10,14,21H,9,11H2,1H3,(H,17,22)/b8-7+/t14-/m1/s1. The van der Waals surface area contributed by atoms with Gasteiger partial charge in [0.05, 0.1) is 26.5 Å². The molecule has 0 fully saturated rings. The van der Waals surface area contributed by atoms with E-state index in [-0.39, 0.29) is 0 Å². The van der Waals surface area contributed by atoms with E-state index in [1.807, 2.05) is 30.3 Å². The second kappa shape index (κ2) is 8.59. The van der Waals surface area contributed by atoms with Crippen LogP contribution in [0.3, 0.4) is 0 Å². The van der Waals surface area contributed by atoms with Crippen molar-refractivity contribution in [1.82, 2.24) is 20.3 Å². The summed E-state index contributed by atoms with van der Waals surface area (Å²) in [6.07, 6.45) is 4.37. The Hall–Kier alpha value is -3.00. The van der Waals surface area contributed by atoms with E-state index < -0.39 is 24.5 Å². The Balaban J connectivity index is 1.92. The molecule has 1 heterocycles. The van der Waals surface area contributed by atoms with Crippen LogP contribution in [0.1, 0.15) is 11.3 Å². The molecule has 8 nitrogen and oxygen atoms in total. The number of methoxy groups -OCH3 is 1. The first kappa shape index (κ1) is 17.4. The first-order valence-corrected chi connectivity index (χ1v) is 7.23. The van der Waals surface area contributed by atoms with Gasteiger partial charge in [0.2, 0.25) is 5.91 Å². The van der Waals surface area contributed by atoms with Gasteiger partial charge >= 0.3 is 5.97 Å². The summed E-state index contributed by atoms with van der Waals surface area (Å²) in [5.74, 6) is -1.26. The van der Waals surface area contributed by atoms with Crippen LogP contribution in [0.15, 0.2) is 42.6 Å². The van der Waals surface area contributed by atoms with E-state index in [2.05, 4.69) is 20.4 Å². The highest BCUT2D eigenvalue weighted by Crippen LogP contribution is 2.03. The third-order valence-corrected chi connectivity index (χ3v) is 3.13. The van der Waals surface area contributed by atoms with Gasteiger partial charge in [-0.05, 0) is 11.6 Å². The number of carbonyl (C=O) groups excluding carboxylic acids is 2. The second-order valence-electron chi connectivity index (χ2n) is 4.93. The topological polar surface area (TPSA) is 106 Å². The fourth-order valence-electron chi connectivity index (χ4n) is 1.94. The number of nitrogens with zero attached hydrogens (tertiary/aromatic N) is 3. The number of hydrogen-bond donors (Lipinski definition) is 2. The molecule has 126 valence electrons. The summed E-state index contributed by atoms with van der Waals surface area (Å²) in [7, 11) is 1.18. The summed E-state index contributed by atoms with van der Waals surface area (Å²) >= 11 is 0. The lowest BCUT2D eigenvalue weighted by atomic mass is 10.2. The monoisotopic (exact) mass is 330 g/mol. The largest absolute Gasteiger partial charge is 0.467 e. The van der Waals surface area contributed by atoms with Gasteiger partial charge in [-0.25, -0.2) is 9.48 Å². The summed E-state index contributed by atoms with van der Waals surface area (Å²) in [5, 5.41) is 19.3. The molecular weight excluding hydrogens is 312 g/mol. The molecule has 1 aromatic heterocycles. The third kappa shape index (κ3) is 5.03. The first-order chi connectivity index (χ1) is 11.6. The van der Waals surface area contributed by atoms with Gasteiger partial charge in [0, 0.05) is 6.08 Å². The number of aliphatic hydroxyl groups is 1. The lowest BCUT2D eigenvalue weighted by Gasteiger charge is -2.11. The van der Waals surface area contributed by atoms with Crippen molar-refractivity contribution in [2.45, 2.75) is 12.6 Å². The van der Waals surface area contributed by atoms with Gasteiger partial charge in [-0.3, -0.25) is 4.79 Å². The van der Waals surface area contributed by atoms with Crippen LogP contribution in [0.2, 0.25) is 0 Å². The van der Waals surface area contributed by atoms with E-state index in [1.165, 1.54) is 19.3 Å². The van der Waals surface area contributed by atoms with Gasteiger partial charge in [0.1, 0.15) is 5.69 Å². The maximum absolute atomic E-state index is 11.7. The minimum Gasteiger partial charge on any atom is -0.467 e. The van der Waals surface area contributed by atoms with Gasteiger partial charge in [-0.1, -0.05) is 35.5 Å². The van der Waals surface area contributed by atoms with Crippen molar-refractivity contribution in [1.29, 1.82) is 0 Å². The van der Waals surface area contributed by atoms with Crippen molar-refractivity contribution in [2.24, 2.45) is 0 Å². The number of aliphatic hydroxyl groups excluding tert-OH is 1. The smallest absolute Gasteiger partial charge is 0.330 e. The lowest BCUT2D eigenvalue weighted by Crippen LogP contribution is -2.43. The van der Waals surface area contributed by atoms with Crippen LogP contribution in [-0.2, 0) is 20.9 Å². The molecule has 0 saturated heterocycles. The summed E-state index contributed by atoms with van der Waals surface area (Å²) in [4.78, 5) is 23.0. The van der Waals surface area contributed by atoms with Crippen LogP contribution in [-0.4, -0.2) is 51.7 Å². The van der Waals surface area contributed by atoms with Crippen LogP contribution in [0.5, 0.6) is 0 Å². The van der Waals surface area contributed by atoms with E-state index in [1.54, 1.807) is 10.9 Å². The van der Waals surface area contributed by atoms with E-state index in [9.17, 15) is 9.59 Å². The Bertz CT molecular complexity index is 712. The molecule has 2 N–H and O–H groups in total. The van der Waals surface area contributed by atoms with E-state index >= 15 is 0 Å². The molecule has 0 unspecified atom stereocenters. The van der Waals surface area contributed by atoms with Gasteiger partial charge in [-0.15, -0.1) is 5.10 Å². The Labute approximate surface area is 138 Å². The number of carbonyl (C=O) groups is 2. The van der Waals surface area contributed by atoms with Crippen LogP contribution in [0.4, 0.5) is 0 Å². The fraction of sp³-hybridized carbons (Fsp3) is 0.250. The highest BCUT2D eigenvalue weighted by atomic mass is 16.5. The van der Waals surface area contributed by atoms with Crippen LogP contribution >= 0.6 is 0 Å². The first-order valence-electron chi connectivity index (χ1n) is 7.23. The zero-order chi connectivity index (χ0) is 17.4. The number of esters is 1. The van der Waals surface area contributed by atoms with Crippen LogP contribution in [0.25, 0.3) is 6.08 Å². The molecule has 8 heteroatoms. The van der Waals surface area contributed by atoms with E-state index in [4.69, 9.17) is 5.11 Å². The van der Waals surface area contributed by atoms with E-state index in [0.29, 0.717) is 12.2 Å². The van der Waals surface area contributed by atoms with Gasteiger partial charge in [0.25, 0.3) is 0 Å². The summed E-state index contributed by atoms with van der Waals surface area (Å²) in [5.41, 5.74) is 1.58. The Morgan fingerprint density at radius 2 is 2.12 bits per heavy atom. The number of rotatable bonds is 7. The molecule has 2 aromatic rings. The molecule has 0 saturated carbocycles. The number of ether oxygens (including phenoxy) is 1. The molecule has 0 spiro atoms. The minimum absolute atomic E-state index is 0.500. The Morgan fingerprint density at radius 1 is 1.38 bits per heavy atom. The number of aromatic nitrogens is 3. The Morgan fingerprint density at radius 3 is 2.79 bits per heavy atom. The number of nitrogens with one attached hydrogen (secondary N) is 1. The number of benzene rings is 1. The normalized spacial score (nSPS) is 12.1. The zero-order valence-corrected chi connectivity index (χ0v) is 13.1. The number of amides is 1. The summed E-state index contributed by atoms with van der Waals surface area (Å²) in [6.45, 7) is 0.0301. The molecule has 0 aliphatic rings. The predicted molar refractivity (Wildman–Crippen MR) is 85.6 cm³/mol. The van der Waals surface area contributed by atoms with Gasteiger partial charge in [0.15, 0.2) is 6.04 Å². The van der Waals surface area contributed by atoms with Gasteiger partial charge < -0.3 is 15.2 Å². The molecule has 0 aliphatic heterocycles. The summed E-state index contributed by atoms with van der Waals surface area (Å²) in [6, 6.07) is 8.68. The molecule has 24 heavy (non-hydrogen) atoms. The van der Waals surface area contributed by atoms with Crippen LogP contribution in [0, 0.1) is 0 Å². The van der Waals surface area contributed by atoms with Gasteiger partial charge in [-0.2, -0.15) is 0 Å². The molecule has 0 bridgehead atoms. The summed E-state index contributed by atoms with van der Waals surface area (Å²) < 4.78 is 6.11. The molecule has 1 aromatic carbocycles. The predicted octanol–water partition coefficient (Wildman–Crippen LogP) is -0.0103. The SMILES string of the molecule is COC(=O)[C@@H](CO)NC(=O)/C=C/c1cn(Cc2ccccc2)nn1. The lowest BCUT2D eigenvalue weighted by molar-refractivity contribution is -0.145. The van der Waals surface area contributed by atoms with Crippen molar-refractivity contribution in [3.63, 3.8) is 0 Å². The molecular formula is C16H18N4O4. The average molecular weight is 330 g/mol. The van der Waals surface area contributed by atoms with Crippen molar-refractivity contribution in [3.05, 3.63) is 53.9 Å². The molecule has 0 aliphatic carbocycles. The molecule has 1 atom stereocenters.